The van der Waals surface area contributed by atoms with Gasteiger partial charge in [-0.05, 0) is 12.8 Å². The molecule has 0 saturated carbocycles. The molecule has 1 aliphatic rings. The van der Waals surface area contributed by atoms with Crippen molar-refractivity contribution in [3.63, 3.8) is 0 Å². The molecule has 0 aromatic rings. The van der Waals surface area contributed by atoms with Gasteiger partial charge in [-0.15, -0.1) is 0 Å². The third kappa shape index (κ3) is 17.5. The Kier molecular flexibility index (Phi) is 23.8. The molecule has 0 aliphatic carbocycles. The number of carbonyl (C=O) groups excluding carboxylic acids is 1. The zero-order valence-corrected chi connectivity index (χ0v) is 26.8. The highest BCUT2D eigenvalue weighted by atomic mass is 16.7. The maximum absolute atomic E-state index is 12.6. The van der Waals surface area contributed by atoms with E-state index in [1.807, 2.05) is 0 Å². The first-order valence-electron chi connectivity index (χ1n) is 17.2. The molecule has 0 spiro atoms. The van der Waals surface area contributed by atoms with Crippen molar-refractivity contribution in [2.45, 2.75) is 192 Å². The van der Waals surface area contributed by atoms with Gasteiger partial charge in [0.2, 0.25) is 5.91 Å². The quantitative estimate of drug-likeness (QED) is 0.0728. The molecule has 1 amide bonds. The number of aliphatic hydroxyl groups excluding tert-OH is 5. The van der Waals surface area contributed by atoms with Gasteiger partial charge in [-0.25, -0.2) is 0 Å². The van der Waals surface area contributed by atoms with Gasteiger partial charge in [-0.2, -0.15) is 0 Å². The fourth-order valence-electron chi connectivity index (χ4n) is 5.57. The van der Waals surface area contributed by atoms with Crippen molar-refractivity contribution in [1.29, 1.82) is 0 Å². The van der Waals surface area contributed by atoms with E-state index in [1.54, 1.807) is 0 Å². The molecule has 0 radical (unpaired) electrons. The summed E-state index contributed by atoms with van der Waals surface area (Å²) in [6.07, 6.45) is 16.0. The zero-order chi connectivity index (χ0) is 31.0. The second-order valence-corrected chi connectivity index (χ2v) is 12.3. The molecular formula is C33H65NO8. The smallest absolute Gasteiger partial charge is 0.220 e. The summed E-state index contributed by atoms with van der Waals surface area (Å²) >= 11 is 0. The average molecular weight is 604 g/mol. The van der Waals surface area contributed by atoms with Crippen LogP contribution in [0.5, 0.6) is 0 Å². The summed E-state index contributed by atoms with van der Waals surface area (Å²) in [5.74, 6) is -0.163. The molecule has 0 aromatic carbocycles. The third-order valence-electron chi connectivity index (χ3n) is 8.46. The summed E-state index contributed by atoms with van der Waals surface area (Å²) in [7, 11) is 0. The van der Waals surface area contributed by atoms with Crippen LogP contribution < -0.4 is 5.32 Å². The Morgan fingerprint density at radius 2 is 1.19 bits per heavy atom. The number of carbonyl (C=O) groups is 1. The molecule has 9 heteroatoms. The van der Waals surface area contributed by atoms with Crippen LogP contribution >= 0.6 is 0 Å². The number of hydrogen-bond acceptors (Lipinski definition) is 8. The van der Waals surface area contributed by atoms with Crippen molar-refractivity contribution in [2.24, 2.45) is 0 Å². The van der Waals surface area contributed by atoms with Gasteiger partial charge in [-0.3, -0.25) is 4.79 Å². The van der Waals surface area contributed by atoms with E-state index in [0.29, 0.717) is 12.8 Å². The van der Waals surface area contributed by atoms with E-state index in [1.165, 1.54) is 77.0 Å². The minimum Gasteiger partial charge on any atom is -0.394 e. The normalized spacial score (nSPS) is 24.0. The molecule has 1 heterocycles. The predicted molar refractivity (Wildman–Crippen MR) is 166 cm³/mol. The molecule has 1 saturated heterocycles. The number of rotatable bonds is 27. The van der Waals surface area contributed by atoms with Crippen molar-refractivity contribution in [3.8, 4) is 0 Å². The summed E-state index contributed by atoms with van der Waals surface area (Å²) in [4.78, 5) is 12.6. The summed E-state index contributed by atoms with van der Waals surface area (Å²) in [6, 6.07) is -0.706. The molecule has 9 nitrogen and oxygen atoms in total. The number of unbranched alkanes of at least 4 members (excludes halogenated alkanes) is 17. The lowest BCUT2D eigenvalue weighted by atomic mass is 9.99. The summed E-state index contributed by atoms with van der Waals surface area (Å²) < 4.78 is 11.1. The summed E-state index contributed by atoms with van der Waals surface area (Å²) in [6.45, 7) is 3.68. The van der Waals surface area contributed by atoms with Crippen LogP contribution in [0.4, 0.5) is 0 Å². The standard InChI is InChI=1S/C33H65NO8/c1-3-5-7-9-10-11-12-13-14-15-16-17-18-19-20-22-27(36)26(34-29(37)23-21-8-6-4-2)25-41-33-32(40)31(39)30(38)28(24-35)42-33/h26-28,30-33,35-36,38-40H,3-25H2,1-2H3,(H,34,37). The maximum atomic E-state index is 12.6. The van der Waals surface area contributed by atoms with Gasteiger partial charge in [0.1, 0.15) is 24.4 Å². The van der Waals surface area contributed by atoms with E-state index in [9.17, 15) is 30.3 Å². The average Bonchev–Trinajstić information content (AvgIpc) is 2.99. The van der Waals surface area contributed by atoms with Crippen LogP contribution in [0, 0.1) is 0 Å². The van der Waals surface area contributed by atoms with E-state index >= 15 is 0 Å². The molecule has 0 aromatic heterocycles. The Balaban J connectivity index is 2.36. The Bertz CT molecular complexity index is 637. The van der Waals surface area contributed by atoms with E-state index in [0.717, 1.165) is 44.9 Å². The molecule has 6 N–H and O–H groups in total. The minimum absolute atomic E-state index is 0.136. The highest BCUT2D eigenvalue weighted by molar-refractivity contribution is 5.76. The van der Waals surface area contributed by atoms with E-state index in [4.69, 9.17) is 9.47 Å². The monoisotopic (exact) mass is 603 g/mol. The SMILES string of the molecule is CCCCCCCCCCCCCCCCCC(O)C(COC1OC(CO)C(O)C(O)C1O)NC(=O)CCCCCC. The van der Waals surface area contributed by atoms with E-state index < -0.39 is 49.5 Å². The van der Waals surface area contributed by atoms with Crippen molar-refractivity contribution in [1.82, 2.24) is 5.32 Å². The van der Waals surface area contributed by atoms with Gasteiger partial charge in [0.15, 0.2) is 6.29 Å². The number of amides is 1. The minimum atomic E-state index is -1.54. The highest BCUT2D eigenvalue weighted by Gasteiger charge is 2.44. The lowest BCUT2D eigenvalue weighted by Crippen LogP contribution is -2.60. The Hall–Kier alpha value is -0.810. The molecular weight excluding hydrogens is 538 g/mol. The molecule has 7 unspecified atom stereocenters. The first kappa shape index (κ1) is 39.2. The van der Waals surface area contributed by atoms with Crippen LogP contribution in [0.2, 0.25) is 0 Å². The fraction of sp³-hybridized carbons (Fsp3) is 0.970. The Morgan fingerprint density at radius 3 is 1.69 bits per heavy atom. The Labute approximate surface area is 255 Å². The number of aliphatic hydroxyl groups is 5. The molecule has 1 fully saturated rings. The summed E-state index contributed by atoms with van der Waals surface area (Å²) in [5, 5.41) is 53.6. The third-order valence-corrected chi connectivity index (χ3v) is 8.46. The van der Waals surface area contributed by atoms with Gasteiger partial charge in [0.05, 0.1) is 25.4 Å². The number of nitrogens with one attached hydrogen (secondary N) is 1. The van der Waals surface area contributed by atoms with Crippen molar-refractivity contribution >= 4 is 5.91 Å². The lowest BCUT2D eigenvalue weighted by molar-refractivity contribution is -0.302. The van der Waals surface area contributed by atoms with Crippen molar-refractivity contribution < 1.29 is 39.8 Å². The van der Waals surface area contributed by atoms with Crippen LogP contribution in [-0.4, -0.2) is 87.5 Å². The fourth-order valence-corrected chi connectivity index (χ4v) is 5.57. The Morgan fingerprint density at radius 1 is 0.714 bits per heavy atom. The van der Waals surface area contributed by atoms with Crippen LogP contribution in [0.3, 0.4) is 0 Å². The largest absolute Gasteiger partial charge is 0.394 e. The van der Waals surface area contributed by atoms with E-state index in [-0.39, 0.29) is 12.5 Å². The van der Waals surface area contributed by atoms with Gasteiger partial charge in [0.25, 0.3) is 0 Å². The topological polar surface area (TPSA) is 149 Å². The van der Waals surface area contributed by atoms with Gasteiger partial charge in [-0.1, -0.05) is 129 Å². The van der Waals surface area contributed by atoms with Crippen LogP contribution in [0.15, 0.2) is 0 Å². The van der Waals surface area contributed by atoms with Crippen molar-refractivity contribution in [3.05, 3.63) is 0 Å². The molecule has 7 atom stereocenters. The molecule has 1 rings (SSSR count). The van der Waals surface area contributed by atoms with E-state index in [2.05, 4.69) is 19.2 Å². The number of hydrogen-bond donors (Lipinski definition) is 6. The second-order valence-electron chi connectivity index (χ2n) is 12.3. The zero-order valence-electron chi connectivity index (χ0n) is 26.8. The van der Waals surface area contributed by atoms with Gasteiger partial charge >= 0.3 is 0 Å². The van der Waals surface area contributed by atoms with Gasteiger partial charge in [0, 0.05) is 6.42 Å². The highest BCUT2D eigenvalue weighted by Crippen LogP contribution is 2.23. The van der Waals surface area contributed by atoms with Crippen LogP contribution in [0.25, 0.3) is 0 Å². The molecule has 0 bridgehead atoms. The number of ether oxygens (including phenoxy) is 2. The second kappa shape index (κ2) is 25.5. The lowest BCUT2D eigenvalue weighted by Gasteiger charge is -2.40. The van der Waals surface area contributed by atoms with Crippen LogP contribution in [0.1, 0.15) is 149 Å². The van der Waals surface area contributed by atoms with Crippen molar-refractivity contribution in [2.75, 3.05) is 13.2 Å². The summed E-state index contributed by atoms with van der Waals surface area (Å²) in [5.41, 5.74) is 0. The first-order chi connectivity index (χ1) is 20.3. The molecule has 42 heavy (non-hydrogen) atoms. The van der Waals surface area contributed by atoms with Crippen LogP contribution in [-0.2, 0) is 14.3 Å². The van der Waals surface area contributed by atoms with Gasteiger partial charge < -0.3 is 40.3 Å². The predicted octanol–water partition coefficient (Wildman–Crippen LogP) is 4.88. The first-order valence-corrected chi connectivity index (χ1v) is 17.2. The molecule has 1 aliphatic heterocycles. The molecule has 250 valence electrons. The maximum Gasteiger partial charge on any atom is 0.220 e.